The molecule has 0 unspecified atom stereocenters. The van der Waals surface area contributed by atoms with Crippen LogP contribution in [0.15, 0.2) is 48.8 Å². The van der Waals surface area contributed by atoms with Crippen LogP contribution in [0.3, 0.4) is 0 Å². The molecule has 0 fully saturated rings. The Morgan fingerprint density at radius 1 is 1.17 bits per heavy atom. The predicted molar refractivity (Wildman–Crippen MR) is 96.7 cm³/mol. The van der Waals surface area contributed by atoms with Crippen molar-refractivity contribution in [1.29, 1.82) is 0 Å². The van der Waals surface area contributed by atoms with Gasteiger partial charge in [0.15, 0.2) is 5.82 Å². The van der Waals surface area contributed by atoms with Crippen LogP contribution in [0, 0.1) is 0 Å². The van der Waals surface area contributed by atoms with Crippen molar-refractivity contribution in [1.82, 2.24) is 15.0 Å². The Kier molecular flexibility index (Phi) is 3.70. The lowest BCUT2D eigenvalue weighted by Crippen LogP contribution is -2.02. The van der Waals surface area contributed by atoms with Gasteiger partial charge in [-0.2, -0.15) is 0 Å². The Bertz CT molecular complexity index is 1030. The van der Waals surface area contributed by atoms with Gasteiger partial charge in [0.1, 0.15) is 23.1 Å². The first-order valence-corrected chi connectivity index (χ1v) is 7.92. The molecular formula is C18H15ClN4O. The second kappa shape index (κ2) is 6.02. The van der Waals surface area contributed by atoms with Crippen LogP contribution in [0.2, 0.25) is 5.02 Å². The molecule has 0 aliphatic carbocycles. The summed E-state index contributed by atoms with van der Waals surface area (Å²) in [5, 5.41) is 5.08. The average Bonchev–Trinajstić information content (AvgIpc) is 2.99. The molecule has 2 heterocycles. The van der Waals surface area contributed by atoms with Gasteiger partial charge in [0.25, 0.3) is 0 Å². The fraction of sp³-hybridized carbons (Fsp3) is 0.111. The van der Waals surface area contributed by atoms with E-state index in [9.17, 15) is 0 Å². The number of ether oxygens (including phenoxy) is 1. The van der Waals surface area contributed by atoms with E-state index in [1.165, 1.54) is 0 Å². The standard InChI is InChI=1S/C18H15ClN4O/c1-24-12-6-7-15-13(8-12)16-17(23-15)18(22-10-21-16)20-9-11-4-2-3-5-14(11)19/h2-8,10,23H,9H2,1H3,(H,20,21,22). The van der Waals surface area contributed by atoms with Crippen LogP contribution in [0.4, 0.5) is 5.82 Å². The minimum Gasteiger partial charge on any atom is -0.497 e. The van der Waals surface area contributed by atoms with E-state index in [0.29, 0.717) is 6.54 Å². The number of benzene rings is 2. The SMILES string of the molecule is COc1ccc2[nH]c3c(NCc4ccccc4Cl)ncnc3c2c1. The Hall–Kier alpha value is -2.79. The van der Waals surface area contributed by atoms with Crippen LogP contribution >= 0.6 is 11.6 Å². The van der Waals surface area contributed by atoms with Gasteiger partial charge in [-0.3, -0.25) is 0 Å². The number of fused-ring (bicyclic) bond motifs is 3. The van der Waals surface area contributed by atoms with E-state index in [4.69, 9.17) is 16.3 Å². The van der Waals surface area contributed by atoms with E-state index < -0.39 is 0 Å². The highest BCUT2D eigenvalue weighted by Crippen LogP contribution is 2.30. The third-order valence-corrected chi connectivity index (χ3v) is 4.36. The first-order valence-electron chi connectivity index (χ1n) is 7.54. The summed E-state index contributed by atoms with van der Waals surface area (Å²) in [7, 11) is 1.65. The lowest BCUT2D eigenvalue weighted by molar-refractivity contribution is 0.415. The monoisotopic (exact) mass is 338 g/mol. The number of rotatable bonds is 4. The normalized spacial score (nSPS) is 11.1. The second-order valence-electron chi connectivity index (χ2n) is 5.43. The van der Waals surface area contributed by atoms with Crippen LogP contribution in [0.1, 0.15) is 5.56 Å². The van der Waals surface area contributed by atoms with E-state index in [0.717, 1.165) is 44.1 Å². The fourth-order valence-electron chi connectivity index (χ4n) is 2.75. The second-order valence-corrected chi connectivity index (χ2v) is 5.83. The Morgan fingerprint density at radius 2 is 2.04 bits per heavy atom. The maximum absolute atomic E-state index is 6.21. The van der Waals surface area contributed by atoms with Crippen molar-refractivity contribution in [2.24, 2.45) is 0 Å². The maximum atomic E-state index is 6.21. The molecule has 0 amide bonds. The highest BCUT2D eigenvalue weighted by molar-refractivity contribution is 6.31. The van der Waals surface area contributed by atoms with Crippen molar-refractivity contribution in [2.75, 3.05) is 12.4 Å². The summed E-state index contributed by atoms with van der Waals surface area (Å²) in [6, 6.07) is 13.6. The average molecular weight is 339 g/mol. The van der Waals surface area contributed by atoms with Crippen molar-refractivity contribution in [3.8, 4) is 5.75 Å². The van der Waals surface area contributed by atoms with Crippen LogP contribution < -0.4 is 10.1 Å². The molecule has 2 aromatic carbocycles. The van der Waals surface area contributed by atoms with Crippen LogP contribution in [-0.4, -0.2) is 22.1 Å². The summed E-state index contributed by atoms with van der Waals surface area (Å²) in [4.78, 5) is 12.1. The van der Waals surface area contributed by atoms with E-state index in [1.807, 2.05) is 42.5 Å². The molecule has 120 valence electrons. The van der Waals surface area contributed by atoms with E-state index in [2.05, 4.69) is 20.3 Å². The minimum absolute atomic E-state index is 0.588. The number of nitrogens with zero attached hydrogens (tertiary/aromatic N) is 2. The van der Waals surface area contributed by atoms with Gasteiger partial charge in [0.05, 0.1) is 7.11 Å². The molecule has 24 heavy (non-hydrogen) atoms. The highest BCUT2D eigenvalue weighted by atomic mass is 35.5. The number of nitrogens with one attached hydrogen (secondary N) is 2. The molecule has 0 radical (unpaired) electrons. The van der Waals surface area contributed by atoms with Gasteiger partial charge in [-0.05, 0) is 29.8 Å². The van der Waals surface area contributed by atoms with Crippen LogP contribution in [0.5, 0.6) is 5.75 Å². The number of aromatic amines is 1. The number of anilines is 1. The highest BCUT2D eigenvalue weighted by Gasteiger charge is 2.11. The third kappa shape index (κ3) is 2.53. The van der Waals surface area contributed by atoms with Crippen molar-refractivity contribution >= 4 is 39.4 Å². The van der Waals surface area contributed by atoms with E-state index >= 15 is 0 Å². The number of aromatic nitrogens is 3. The summed E-state index contributed by atoms with van der Waals surface area (Å²) in [6.45, 7) is 0.588. The van der Waals surface area contributed by atoms with E-state index in [1.54, 1.807) is 13.4 Å². The van der Waals surface area contributed by atoms with Gasteiger partial charge in [-0.15, -0.1) is 0 Å². The largest absolute Gasteiger partial charge is 0.497 e. The van der Waals surface area contributed by atoms with Gasteiger partial charge in [0.2, 0.25) is 0 Å². The van der Waals surface area contributed by atoms with Gasteiger partial charge in [-0.25, -0.2) is 9.97 Å². The topological polar surface area (TPSA) is 62.8 Å². The number of H-pyrrole nitrogens is 1. The van der Waals surface area contributed by atoms with E-state index in [-0.39, 0.29) is 0 Å². The van der Waals surface area contributed by atoms with Gasteiger partial charge >= 0.3 is 0 Å². The zero-order valence-corrected chi connectivity index (χ0v) is 13.8. The Morgan fingerprint density at radius 3 is 2.88 bits per heavy atom. The molecule has 0 bridgehead atoms. The lowest BCUT2D eigenvalue weighted by atomic mass is 10.2. The maximum Gasteiger partial charge on any atom is 0.154 e. The molecule has 2 aromatic heterocycles. The Labute approximate surface area is 143 Å². The van der Waals surface area contributed by atoms with Crippen molar-refractivity contribution in [3.05, 3.63) is 59.4 Å². The predicted octanol–water partition coefficient (Wildman–Crippen LogP) is 4.39. The molecule has 0 spiro atoms. The molecule has 6 heteroatoms. The van der Waals surface area contributed by atoms with Crippen molar-refractivity contribution in [3.63, 3.8) is 0 Å². The summed E-state index contributed by atoms with van der Waals surface area (Å²) < 4.78 is 5.30. The van der Waals surface area contributed by atoms with Gasteiger partial charge in [0, 0.05) is 22.5 Å². The third-order valence-electron chi connectivity index (χ3n) is 3.99. The number of hydrogen-bond acceptors (Lipinski definition) is 4. The number of methoxy groups -OCH3 is 1. The summed E-state index contributed by atoms with van der Waals surface area (Å²) >= 11 is 6.21. The van der Waals surface area contributed by atoms with Gasteiger partial charge < -0.3 is 15.0 Å². The zero-order valence-electron chi connectivity index (χ0n) is 13.0. The minimum atomic E-state index is 0.588. The number of halogens is 1. The molecule has 0 aliphatic heterocycles. The fourth-order valence-corrected chi connectivity index (χ4v) is 2.96. The first-order chi connectivity index (χ1) is 11.8. The molecule has 4 rings (SSSR count). The molecule has 0 aliphatic rings. The first kappa shape index (κ1) is 14.8. The molecular weight excluding hydrogens is 324 g/mol. The van der Waals surface area contributed by atoms with Crippen molar-refractivity contribution in [2.45, 2.75) is 6.54 Å². The molecule has 0 saturated carbocycles. The van der Waals surface area contributed by atoms with Crippen LogP contribution in [-0.2, 0) is 6.54 Å². The van der Waals surface area contributed by atoms with Gasteiger partial charge in [-0.1, -0.05) is 29.8 Å². The zero-order chi connectivity index (χ0) is 16.5. The Balaban J connectivity index is 1.75. The summed E-state index contributed by atoms with van der Waals surface area (Å²) in [5.41, 5.74) is 3.74. The summed E-state index contributed by atoms with van der Waals surface area (Å²) in [6.07, 6.45) is 1.56. The molecule has 0 atom stereocenters. The van der Waals surface area contributed by atoms with Crippen LogP contribution in [0.25, 0.3) is 21.9 Å². The molecule has 4 aromatic rings. The molecule has 2 N–H and O–H groups in total. The molecule has 0 saturated heterocycles. The van der Waals surface area contributed by atoms with Crippen molar-refractivity contribution < 1.29 is 4.74 Å². The molecule has 5 nitrogen and oxygen atoms in total. The summed E-state index contributed by atoms with van der Waals surface area (Å²) in [5.74, 6) is 1.54. The quantitative estimate of drug-likeness (QED) is 0.579. The lowest BCUT2D eigenvalue weighted by Gasteiger charge is -2.07. The smallest absolute Gasteiger partial charge is 0.154 e. The number of hydrogen-bond donors (Lipinski definition) is 2.